The number of amides is 1. The third-order valence-corrected chi connectivity index (χ3v) is 3.92. The van der Waals surface area contributed by atoms with Crippen molar-refractivity contribution >= 4 is 5.91 Å². The molecule has 1 aliphatic carbocycles. The standard InChI is InChI=1S/C15H23N3O2/c16-9-12(10-17-11-14-7-4-8-20-14)15(19)18-13-5-2-1-3-6-13/h10,13-14,17H,1-8,11H2,(H,18,19)/b12-10-. The van der Waals surface area contributed by atoms with Gasteiger partial charge in [-0.25, -0.2) is 0 Å². The Morgan fingerprint density at radius 3 is 2.70 bits per heavy atom. The van der Waals surface area contributed by atoms with Crippen LogP contribution in [0.1, 0.15) is 44.9 Å². The third-order valence-electron chi connectivity index (χ3n) is 3.92. The number of rotatable bonds is 5. The van der Waals surface area contributed by atoms with E-state index < -0.39 is 0 Å². The average Bonchev–Trinajstić information content (AvgIpc) is 2.98. The Balaban J connectivity index is 1.76. The van der Waals surface area contributed by atoms with Crippen LogP contribution in [0.2, 0.25) is 0 Å². The van der Waals surface area contributed by atoms with Gasteiger partial charge in [0.15, 0.2) is 0 Å². The van der Waals surface area contributed by atoms with E-state index in [2.05, 4.69) is 10.6 Å². The Hall–Kier alpha value is -1.54. The van der Waals surface area contributed by atoms with Crippen LogP contribution >= 0.6 is 0 Å². The summed E-state index contributed by atoms with van der Waals surface area (Å²) >= 11 is 0. The summed E-state index contributed by atoms with van der Waals surface area (Å²) in [7, 11) is 0. The number of nitrogens with zero attached hydrogens (tertiary/aromatic N) is 1. The maximum Gasteiger partial charge on any atom is 0.263 e. The molecule has 1 heterocycles. The summed E-state index contributed by atoms with van der Waals surface area (Å²) in [5.74, 6) is -0.265. The van der Waals surface area contributed by atoms with Gasteiger partial charge in [0.25, 0.3) is 5.91 Å². The zero-order chi connectivity index (χ0) is 14.2. The quantitative estimate of drug-likeness (QED) is 0.591. The molecule has 2 rings (SSSR count). The lowest BCUT2D eigenvalue weighted by Crippen LogP contribution is -2.37. The smallest absolute Gasteiger partial charge is 0.263 e. The lowest BCUT2D eigenvalue weighted by atomic mass is 9.95. The number of nitrogens with one attached hydrogen (secondary N) is 2. The fourth-order valence-corrected chi connectivity index (χ4v) is 2.76. The summed E-state index contributed by atoms with van der Waals surface area (Å²) in [4.78, 5) is 12.0. The first-order valence-electron chi connectivity index (χ1n) is 7.55. The zero-order valence-corrected chi connectivity index (χ0v) is 11.9. The van der Waals surface area contributed by atoms with E-state index in [0.29, 0.717) is 6.54 Å². The summed E-state index contributed by atoms with van der Waals surface area (Å²) in [5.41, 5.74) is 0.147. The molecule has 2 fully saturated rings. The highest BCUT2D eigenvalue weighted by atomic mass is 16.5. The molecule has 1 saturated carbocycles. The Labute approximate surface area is 120 Å². The van der Waals surface area contributed by atoms with Gasteiger partial charge < -0.3 is 15.4 Å². The van der Waals surface area contributed by atoms with Crippen LogP contribution in [-0.2, 0) is 9.53 Å². The van der Waals surface area contributed by atoms with Crippen molar-refractivity contribution < 1.29 is 9.53 Å². The van der Waals surface area contributed by atoms with E-state index in [4.69, 9.17) is 10.00 Å². The lowest BCUT2D eigenvalue weighted by molar-refractivity contribution is -0.118. The SMILES string of the molecule is N#C/C(=C/NCC1CCCO1)C(=O)NC1CCCCC1. The number of carbonyl (C=O) groups is 1. The molecule has 1 aliphatic heterocycles. The predicted octanol–water partition coefficient (Wildman–Crippen LogP) is 1.61. The monoisotopic (exact) mass is 277 g/mol. The highest BCUT2D eigenvalue weighted by Crippen LogP contribution is 2.17. The second-order valence-electron chi connectivity index (χ2n) is 5.52. The summed E-state index contributed by atoms with van der Waals surface area (Å²) in [6.07, 6.45) is 9.45. The molecular formula is C15H23N3O2. The molecule has 110 valence electrons. The molecule has 1 saturated heterocycles. The number of ether oxygens (including phenoxy) is 1. The van der Waals surface area contributed by atoms with Gasteiger partial charge in [0.2, 0.25) is 0 Å². The van der Waals surface area contributed by atoms with Crippen LogP contribution in [0.5, 0.6) is 0 Å². The second kappa shape index (κ2) is 7.91. The molecule has 2 aliphatic rings. The van der Waals surface area contributed by atoms with Crippen molar-refractivity contribution in [3.63, 3.8) is 0 Å². The van der Waals surface area contributed by atoms with Crippen LogP contribution in [0.4, 0.5) is 0 Å². The van der Waals surface area contributed by atoms with Gasteiger partial charge in [-0.05, 0) is 25.7 Å². The summed E-state index contributed by atoms with van der Waals surface area (Å²) in [5, 5.41) is 15.0. The molecule has 0 aromatic heterocycles. The minimum absolute atomic E-state index is 0.147. The van der Waals surface area contributed by atoms with Crippen molar-refractivity contribution in [1.29, 1.82) is 5.26 Å². The topological polar surface area (TPSA) is 74.1 Å². The molecule has 0 radical (unpaired) electrons. The molecular weight excluding hydrogens is 254 g/mol. The van der Waals surface area contributed by atoms with Crippen LogP contribution in [0, 0.1) is 11.3 Å². The first-order valence-corrected chi connectivity index (χ1v) is 7.55. The Morgan fingerprint density at radius 1 is 1.25 bits per heavy atom. The van der Waals surface area contributed by atoms with Crippen molar-refractivity contribution in [1.82, 2.24) is 10.6 Å². The van der Waals surface area contributed by atoms with Crippen molar-refractivity contribution in [2.24, 2.45) is 0 Å². The van der Waals surface area contributed by atoms with Crippen LogP contribution in [0.25, 0.3) is 0 Å². The minimum atomic E-state index is -0.265. The van der Waals surface area contributed by atoms with E-state index in [-0.39, 0.29) is 23.6 Å². The molecule has 5 heteroatoms. The molecule has 1 amide bonds. The molecule has 5 nitrogen and oxygen atoms in total. The first-order chi connectivity index (χ1) is 9.79. The minimum Gasteiger partial charge on any atom is -0.387 e. The second-order valence-corrected chi connectivity index (χ2v) is 5.52. The van der Waals surface area contributed by atoms with Gasteiger partial charge in [0.05, 0.1) is 6.10 Å². The number of carbonyl (C=O) groups excluding carboxylic acids is 1. The van der Waals surface area contributed by atoms with E-state index in [1.807, 2.05) is 6.07 Å². The van der Waals surface area contributed by atoms with Gasteiger partial charge in [-0.1, -0.05) is 19.3 Å². The van der Waals surface area contributed by atoms with Crippen LogP contribution in [0.15, 0.2) is 11.8 Å². The largest absolute Gasteiger partial charge is 0.387 e. The highest BCUT2D eigenvalue weighted by Gasteiger charge is 2.18. The molecule has 0 spiro atoms. The van der Waals surface area contributed by atoms with Gasteiger partial charge in [-0.2, -0.15) is 5.26 Å². The fraction of sp³-hybridized carbons (Fsp3) is 0.733. The van der Waals surface area contributed by atoms with Gasteiger partial charge >= 0.3 is 0 Å². The highest BCUT2D eigenvalue weighted by molar-refractivity contribution is 5.97. The normalized spacial score (nSPS) is 24.1. The average molecular weight is 277 g/mol. The Morgan fingerprint density at radius 2 is 2.05 bits per heavy atom. The van der Waals surface area contributed by atoms with Gasteiger partial charge in [-0.3, -0.25) is 4.79 Å². The van der Waals surface area contributed by atoms with E-state index in [1.165, 1.54) is 12.6 Å². The van der Waals surface area contributed by atoms with Crippen molar-refractivity contribution in [3.05, 3.63) is 11.8 Å². The molecule has 1 unspecified atom stereocenters. The van der Waals surface area contributed by atoms with Crippen LogP contribution in [-0.4, -0.2) is 31.2 Å². The number of hydrogen-bond acceptors (Lipinski definition) is 4. The molecule has 0 aromatic carbocycles. The van der Waals surface area contributed by atoms with E-state index in [0.717, 1.165) is 45.1 Å². The Bertz CT molecular complexity index is 388. The van der Waals surface area contributed by atoms with E-state index in [9.17, 15) is 4.79 Å². The van der Waals surface area contributed by atoms with Crippen LogP contribution < -0.4 is 10.6 Å². The predicted molar refractivity (Wildman–Crippen MR) is 75.7 cm³/mol. The molecule has 0 aromatic rings. The molecule has 20 heavy (non-hydrogen) atoms. The van der Waals surface area contributed by atoms with Gasteiger partial charge in [0, 0.05) is 25.4 Å². The molecule has 1 atom stereocenters. The zero-order valence-electron chi connectivity index (χ0n) is 11.9. The van der Waals surface area contributed by atoms with Crippen molar-refractivity contribution in [3.8, 4) is 6.07 Å². The summed E-state index contributed by atoms with van der Waals surface area (Å²) in [6.45, 7) is 1.46. The molecule has 2 N–H and O–H groups in total. The maximum absolute atomic E-state index is 12.0. The van der Waals surface area contributed by atoms with Gasteiger partial charge in [-0.15, -0.1) is 0 Å². The Kier molecular flexibility index (Phi) is 5.87. The number of nitriles is 1. The lowest BCUT2D eigenvalue weighted by Gasteiger charge is -2.22. The number of hydrogen-bond donors (Lipinski definition) is 2. The van der Waals surface area contributed by atoms with Crippen molar-refractivity contribution in [2.75, 3.05) is 13.2 Å². The van der Waals surface area contributed by atoms with E-state index >= 15 is 0 Å². The summed E-state index contributed by atoms with van der Waals surface area (Å²) in [6, 6.07) is 2.19. The summed E-state index contributed by atoms with van der Waals surface area (Å²) < 4.78 is 5.48. The third kappa shape index (κ3) is 4.53. The first kappa shape index (κ1) is 14.9. The van der Waals surface area contributed by atoms with Crippen LogP contribution in [0.3, 0.4) is 0 Å². The fourth-order valence-electron chi connectivity index (χ4n) is 2.76. The molecule has 0 bridgehead atoms. The maximum atomic E-state index is 12.0. The van der Waals surface area contributed by atoms with E-state index in [1.54, 1.807) is 0 Å². The van der Waals surface area contributed by atoms with Crippen molar-refractivity contribution in [2.45, 2.75) is 57.1 Å². The van der Waals surface area contributed by atoms with Gasteiger partial charge in [0.1, 0.15) is 11.6 Å².